The van der Waals surface area contributed by atoms with Crippen molar-refractivity contribution in [2.45, 2.75) is 11.5 Å². The Bertz CT molecular complexity index is 366. The van der Waals surface area contributed by atoms with Gasteiger partial charge < -0.3 is 4.90 Å². The molecule has 4 fully saturated rings. The molecule has 0 amide bonds. The average Bonchev–Trinajstić information content (AvgIpc) is 2.94. The molecule has 2 heterocycles. The lowest BCUT2D eigenvalue weighted by atomic mass is 9.98. The Morgan fingerprint density at radius 2 is 2.08 bits per heavy atom. The molecule has 0 aromatic heterocycles. The normalized spacial score (nSPS) is 50.4. The summed E-state index contributed by atoms with van der Waals surface area (Å²) in [5, 5.41) is 0. The lowest BCUT2D eigenvalue weighted by molar-refractivity contribution is 0.390. The van der Waals surface area contributed by atoms with Gasteiger partial charge in [-0.25, -0.2) is 0 Å². The van der Waals surface area contributed by atoms with Crippen molar-refractivity contribution in [3.05, 3.63) is 35.9 Å². The molecule has 1 nitrogen and oxygen atoms in total. The van der Waals surface area contributed by atoms with Crippen LogP contribution in [0.1, 0.15) is 5.56 Å². The predicted molar refractivity (Wildman–Crippen MR) is 51.5 cm³/mol. The van der Waals surface area contributed by atoms with E-state index in [1.807, 2.05) is 0 Å². The second kappa shape index (κ2) is 1.69. The lowest BCUT2D eigenvalue weighted by Crippen LogP contribution is -2.18. The molecule has 5 rings (SSSR count). The van der Waals surface area contributed by atoms with Crippen molar-refractivity contribution in [1.82, 2.24) is 4.90 Å². The van der Waals surface area contributed by atoms with E-state index < -0.39 is 0 Å². The molecular formula is C12H13N. The zero-order chi connectivity index (χ0) is 8.63. The van der Waals surface area contributed by atoms with Gasteiger partial charge in [0.2, 0.25) is 0 Å². The lowest BCUT2D eigenvalue weighted by Gasteiger charge is -2.10. The van der Waals surface area contributed by atoms with Gasteiger partial charge in [0, 0.05) is 18.0 Å². The van der Waals surface area contributed by atoms with Crippen LogP contribution in [-0.2, 0) is 5.41 Å². The van der Waals surface area contributed by atoms with Crippen LogP contribution in [0.3, 0.4) is 0 Å². The van der Waals surface area contributed by atoms with Crippen LogP contribution in [0, 0.1) is 11.8 Å². The SMILES string of the molecule is CN1CC2C3C1C23c1ccccc1. The summed E-state index contributed by atoms with van der Waals surface area (Å²) >= 11 is 0. The summed E-state index contributed by atoms with van der Waals surface area (Å²) in [5.74, 6) is 2.03. The standard InChI is InChI=1S/C12H13N/c1-13-7-9-10-11(13)12(9,10)8-5-3-2-4-6-8/h2-6,9-11H,7H2,1H3. The monoisotopic (exact) mass is 171 g/mol. The highest BCUT2D eigenvalue weighted by Crippen LogP contribution is 2.85. The highest BCUT2D eigenvalue weighted by atomic mass is 15.3. The molecule has 0 radical (unpaired) electrons. The number of fused-ring (bicyclic) bond motifs is 1. The number of likely N-dealkylation sites (N-methyl/N-ethyl adjacent to an activating group) is 1. The Morgan fingerprint density at radius 3 is 2.62 bits per heavy atom. The molecule has 4 unspecified atom stereocenters. The van der Waals surface area contributed by atoms with E-state index in [2.05, 4.69) is 42.3 Å². The fourth-order valence-corrected chi connectivity index (χ4v) is 3.88. The number of rotatable bonds is 1. The van der Waals surface area contributed by atoms with Gasteiger partial charge >= 0.3 is 0 Å². The van der Waals surface area contributed by atoms with Crippen LogP contribution in [0.25, 0.3) is 0 Å². The molecule has 0 N–H and O–H groups in total. The quantitative estimate of drug-likeness (QED) is 0.619. The maximum Gasteiger partial charge on any atom is 0.0237 e. The summed E-state index contributed by atoms with van der Waals surface area (Å²) in [7, 11) is 2.27. The van der Waals surface area contributed by atoms with Crippen molar-refractivity contribution in [3.8, 4) is 0 Å². The molecular weight excluding hydrogens is 158 g/mol. The van der Waals surface area contributed by atoms with Gasteiger partial charge in [0.25, 0.3) is 0 Å². The van der Waals surface area contributed by atoms with Crippen LogP contribution in [0.2, 0.25) is 0 Å². The largest absolute Gasteiger partial charge is 0.302 e. The van der Waals surface area contributed by atoms with Crippen LogP contribution < -0.4 is 0 Å². The van der Waals surface area contributed by atoms with Gasteiger partial charge in [-0.2, -0.15) is 0 Å². The third-order valence-corrected chi connectivity index (χ3v) is 4.44. The fourth-order valence-electron chi connectivity index (χ4n) is 3.88. The second-order valence-corrected chi connectivity index (χ2v) is 4.82. The maximum atomic E-state index is 2.54. The van der Waals surface area contributed by atoms with Gasteiger partial charge in [0.05, 0.1) is 0 Å². The molecule has 0 spiro atoms. The molecule has 1 aromatic carbocycles. The van der Waals surface area contributed by atoms with Crippen molar-refractivity contribution >= 4 is 0 Å². The Balaban J connectivity index is 1.81. The van der Waals surface area contributed by atoms with Gasteiger partial charge in [0.15, 0.2) is 0 Å². The van der Waals surface area contributed by atoms with E-state index in [1.54, 1.807) is 5.56 Å². The van der Waals surface area contributed by atoms with Crippen molar-refractivity contribution in [2.75, 3.05) is 13.6 Å². The topological polar surface area (TPSA) is 3.24 Å². The van der Waals surface area contributed by atoms with Gasteiger partial charge in [-0.3, -0.25) is 0 Å². The summed E-state index contributed by atoms with van der Waals surface area (Å²) in [4.78, 5) is 2.54. The van der Waals surface area contributed by atoms with Crippen molar-refractivity contribution in [2.24, 2.45) is 11.8 Å². The number of piperidine rings is 1. The van der Waals surface area contributed by atoms with E-state index in [9.17, 15) is 0 Å². The first-order valence-electron chi connectivity index (χ1n) is 5.12. The summed E-state index contributed by atoms with van der Waals surface area (Å²) in [6, 6.07) is 12.0. The molecule has 66 valence electrons. The molecule has 4 aliphatic rings. The van der Waals surface area contributed by atoms with E-state index in [-0.39, 0.29) is 0 Å². The molecule has 2 aliphatic heterocycles. The van der Waals surface area contributed by atoms with E-state index in [1.165, 1.54) is 6.54 Å². The zero-order valence-electron chi connectivity index (χ0n) is 7.77. The first kappa shape index (κ1) is 6.61. The van der Waals surface area contributed by atoms with Crippen LogP contribution in [0.15, 0.2) is 30.3 Å². The van der Waals surface area contributed by atoms with Crippen LogP contribution in [0.4, 0.5) is 0 Å². The molecule has 1 heteroatoms. The molecule has 2 aliphatic carbocycles. The number of hydrogen-bond acceptors (Lipinski definition) is 1. The number of benzene rings is 1. The van der Waals surface area contributed by atoms with Crippen molar-refractivity contribution in [3.63, 3.8) is 0 Å². The summed E-state index contributed by atoms with van der Waals surface area (Å²) < 4.78 is 0. The summed E-state index contributed by atoms with van der Waals surface area (Å²) in [6.45, 7) is 1.34. The van der Waals surface area contributed by atoms with Crippen LogP contribution in [0.5, 0.6) is 0 Å². The van der Waals surface area contributed by atoms with Crippen molar-refractivity contribution < 1.29 is 0 Å². The summed E-state index contributed by atoms with van der Waals surface area (Å²) in [6.07, 6.45) is 0. The van der Waals surface area contributed by atoms with E-state index in [0.29, 0.717) is 5.41 Å². The molecule has 2 saturated carbocycles. The van der Waals surface area contributed by atoms with Gasteiger partial charge in [-0.15, -0.1) is 0 Å². The third-order valence-electron chi connectivity index (χ3n) is 4.44. The Morgan fingerprint density at radius 1 is 1.31 bits per heavy atom. The highest BCUT2D eigenvalue weighted by molar-refractivity contribution is 5.56. The molecule has 13 heavy (non-hydrogen) atoms. The fraction of sp³-hybridized carbons (Fsp3) is 0.500. The van der Waals surface area contributed by atoms with Gasteiger partial charge in [-0.05, 0) is 24.4 Å². The molecule has 1 aromatic rings. The van der Waals surface area contributed by atoms with Gasteiger partial charge in [-0.1, -0.05) is 30.3 Å². The number of nitrogens with zero attached hydrogens (tertiary/aromatic N) is 1. The van der Waals surface area contributed by atoms with Crippen LogP contribution in [-0.4, -0.2) is 24.5 Å². The first-order chi connectivity index (χ1) is 6.37. The minimum atomic E-state index is 0.635. The Hall–Kier alpha value is -0.820. The second-order valence-electron chi connectivity index (χ2n) is 4.82. The van der Waals surface area contributed by atoms with E-state index in [4.69, 9.17) is 0 Å². The highest BCUT2D eigenvalue weighted by Gasteiger charge is 2.91. The van der Waals surface area contributed by atoms with Gasteiger partial charge in [0.1, 0.15) is 0 Å². The Kier molecular flexibility index (Phi) is 0.859. The minimum Gasteiger partial charge on any atom is -0.302 e. The molecule has 2 bridgehead atoms. The number of hydrogen-bond donors (Lipinski definition) is 0. The molecule has 4 atom stereocenters. The average molecular weight is 171 g/mol. The predicted octanol–water partition coefficient (Wildman–Crippen LogP) is 1.50. The van der Waals surface area contributed by atoms with Crippen molar-refractivity contribution in [1.29, 1.82) is 0 Å². The van der Waals surface area contributed by atoms with Crippen LogP contribution >= 0.6 is 0 Å². The maximum absolute atomic E-state index is 2.54. The van der Waals surface area contributed by atoms with E-state index in [0.717, 1.165) is 17.9 Å². The third kappa shape index (κ3) is 0.505. The molecule has 2 saturated heterocycles. The smallest absolute Gasteiger partial charge is 0.0237 e. The summed E-state index contributed by atoms with van der Waals surface area (Å²) in [5.41, 5.74) is 2.23. The zero-order valence-corrected chi connectivity index (χ0v) is 7.77. The Labute approximate surface area is 78.4 Å². The van der Waals surface area contributed by atoms with E-state index >= 15 is 0 Å². The minimum absolute atomic E-state index is 0.635. The first-order valence-corrected chi connectivity index (χ1v) is 5.12.